The molecule has 3 nitrogen and oxygen atoms in total. The molecule has 1 aliphatic heterocycles. The second-order valence-corrected chi connectivity index (χ2v) is 3.51. The Morgan fingerprint density at radius 3 is 3.17 bits per heavy atom. The highest BCUT2D eigenvalue weighted by molar-refractivity contribution is 5.22. The van der Waals surface area contributed by atoms with Crippen LogP contribution in [0.15, 0.2) is 4.52 Å². The zero-order chi connectivity index (χ0) is 8.55. The van der Waals surface area contributed by atoms with Gasteiger partial charge in [-0.3, -0.25) is 4.90 Å². The second-order valence-electron chi connectivity index (χ2n) is 3.51. The number of hydrogen-bond acceptors (Lipinski definition) is 3. The zero-order valence-electron chi connectivity index (χ0n) is 7.63. The van der Waals surface area contributed by atoms with Crippen LogP contribution < -0.4 is 0 Å². The minimum atomic E-state index is 0.913. The van der Waals surface area contributed by atoms with Crippen molar-refractivity contribution >= 4 is 0 Å². The van der Waals surface area contributed by atoms with E-state index in [0.717, 1.165) is 31.0 Å². The Labute approximate surface area is 72.3 Å². The van der Waals surface area contributed by atoms with Crippen LogP contribution in [0.5, 0.6) is 0 Å². The molecule has 66 valence electrons. The minimum absolute atomic E-state index is 0.913. The maximum absolute atomic E-state index is 5.25. The highest BCUT2D eigenvalue weighted by Crippen LogP contribution is 2.20. The van der Waals surface area contributed by atoms with Gasteiger partial charge >= 0.3 is 0 Å². The molecular formula is C9H14N2O. The van der Waals surface area contributed by atoms with E-state index in [9.17, 15) is 0 Å². The van der Waals surface area contributed by atoms with Crippen LogP contribution in [0.2, 0.25) is 0 Å². The van der Waals surface area contributed by atoms with E-state index in [4.69, 9.17) is 4.52 Å². The molecule has 3 heteroatoms. The largest absolute Gasteiger partial charge is 0.359 e. The van der Waals surface area contributed by atoms with Crippen LogP contribution in [0.4, 0.5) is 0 Å². The molecule has 0 fully saturated rings. The Morgan fingerprint density at radius 1 is 1.50 bits per heavy atom. The summed E-state index contributed by atoms with van der Waals surface area (Å²) in [4.78, 5) is 2.27. The third kappa shape index (κ3) is 1.25. The molecule has 2 rings (SSSR count). The topological polar surface area (TPSA) is 29.3 Å². The summed E-state index contributed by atoms with van der Waals surface area (Å²) in [5, 5.41) is 3.97. The molecule has 2 heterocycles. The first kappa shape index (κ1) is 7.80. The van der Waals surface area contributed by atoms with Crippen LogP contribution in [0, 0.1) is 6.92 Å². The standard InChI is InChI=1S/C9H14N2O/c1-7-8-4-3-5-11(2)6-9(8)12-10-7/h3-6H2,1-2H3. The van der Waals surface area contributed by atoms with Crippen molar-refractivity contribution in [2.75, 3.05) is 13.6 Å². The van der Waals surface area contributed by atoms with Crippen LogP contribution >= 0.6 is 0 Å². The Kier molecular flexibility index (Phi) is 1.89. The van der Waals surface area contributed by atoms with E-state index in [0.29, 0.717) is 0 Å². The zero-order valence-corrected chi connectivity index (χ0v) is 7.63. The number of aromatic nitrogens is 1. The fourth-order valence-electron chi connectivity index (χ4n) is 1.73. The van der Waals surface area contributed by atoms with Crippen molar-refractivity contribution in [3.8, 4) is 0 Å². The molecule has 0 spiro atoms. The van der Waals surface area contributed by atoms with Gasteiger partial charge in [-0.2, -0.15) is 0 Å². The normalized spacial score (nSPS) is 18.8. The second kappa shape index (κ2) is 2.90. The Morgan fingerprint density at radius 2 is 2.33 bits per heavy atom. The third-order valence-electron chi connectivity index (χ3n) is 2.45. The molecule has 0 aliphatic carbocycles. The quantitative estimate of drug-likeness (QED) is 0.582. The van der Waals surface area contributed by atoms with Crippen LogP contribution in [0.3, 0.4) is 0 Å². The van der Waals surface area contributed by atoms with Crippen LogP contribution in [0.1, 0.15) is 23.4 Å². The summed E-state index contributed by atoms with van der Waals surface area (Å²) in [6.07, 6.45) is 2.33. The minimum Gasteiger partial charge on any atom is -0.359 e. The molecule has 12 heavy (non-hydrogen) atoms. The molecule has 0 unspecified atom stereocenters. The van der Waals surface area contributed by atoms with Crippen LogP contribution in [-0.2, 0) is 13.0 Å². The molecule has 1 aromatic heterocycles. The molecule has 0 saturated heterocycles. The lowest BCUT2D eigenvalue weighted by Gasteiger charge is -2.10. The van der Waals surface area contributed by atoms with E-state index in [2.05, 4.69) is 17.1 Å². The lowest BCUT2D eigenvalue weighted by molar-refractivity contribution is 0.278. The van der Waals surface area contributed by atoms with E-state index < -0.39 is 0 Å². The lowest BCUT2D eigenvalue weighted by Crippen LogP contribution is -2.16. The summed E-state index contributed by atoms with van der Waals surface area (Å²) in [5.41, 5.74) is 2.40. The average molecular weight is 166 g/mol. The van der Waals surface area contributed by atoms with Gasteiger partial charge in [-0.1, -0.05) is 5.16 Å². The maximum atomic E-state index is 5.25. The summed E-state index contributed by atoms with van der Waals surface area (Å²) in [7, 11) is 2.12. The SMILES string of the molecule is Cc1noc2c1CCCN(C)C2. The van der Waals surface area contributed by atoms with Crippen molar-refractivity contribution in [2.45, 2.75) is 26.3 Å². The molecule has 0 saturated carbocycles. The van der Waals surface area contributed by atoms with Crippen molar-refractivity contribution in [3.63, 3.8) is 0 Å². The van der Waals surface area contributed by atoms with Gasteiger partial charge in [0.2, 0.25) is 0 Å². The van der Waals surface area contributed by atoms with Crippen molar-refractivity contribution in [1.29, 1.82) is 0 Å². The van der Waals surface area contributed by atoms with Crippen molar-refractivity contribution in [3.05, 3.63) is 17.0 Å². The van der Waals surface area contributed by atoms with Gasteiger partial charge in [0, 0.05) is 5.56 Å². The summed E-state index contributed by atoms with van der Waals surface area (Å²) >= 11 is 0. The van der Waals surface area contributed by atoms with E-state index in [1.165, 1.54) is 12.0 Å². The number of aryl methyl sites for hydroxylation is 1. The molecule has 0 amide bonds. The monoisotopic (exact) mass is 166 g/mol. The van der Waals surface area contributed by atoms with Crippen LogP contribution in [-0.4, -0.2) is 23.6 Å². The summed E-state index contributed by atoms with van der Waals surface area (Å²) < 4.78 is 5.25. The molecule has 0 N–H and O–H groups in total. The van der Waals surface area contributed by atoms with Gasteiger partial charge in [-0.05, 0) is 33.4 Å². The van der Waals surface area contributed by atoms with Gasteiger partial charge in [0.1, 0.15) is 0 Å². The van der Waals surface area contributed by atoms with Gasteiger partial charge < -0.3 is 4.52 Å². The highest BCUT2D eigenvalue weighted by Gasteiger charge is 2.17. The number of hydrogen-bond donors (Lipinski definition) is 0. The number of rotatable bonds is 0. The van der Waals surface area contributed by atoms with E-state index in [1.54, 1.807) is 0 Å². The van der Waals surface area contributed by atoms with Crippen LogP contribution in [0.25, 0.3) is 0 Å². The van der Waals surface area contributed by atoms with Gasteiger partial charge in [-0.15, -0.1) is 0 Å². The average Bonchev–Trinajstić information content (AvgIpc) is 2.31. The first-order valence-electron chi connectivity index (χ1n) is 4.40. The Hall–Kier alpha value is -0.830. The summed E-state index contributed by atoms with van der Waals surface area (Å²) in [6, 6.07) is 0. The molecule has 1 aliphatic rings. The number of nitrogens with zero attached hydrogens (tertiary/aromatic N) is 2. The first-order valence-corrected chi connectivity index (χ1v) is 4.40. The predicted octanol–water partition coefficient (Wildman–Crippen LogP) is 1.36. The molecule has 0 radical (unpaired) electrons. The molecule has 1 aromatic rings. The highest BCUT2D eigenvalue weighted by atomic mass is 16.5. The van der Waals surface area contributed by atoms with Crippen molar-refractivity contribution < 1.29 is 4.52 Å². The van der Waals surface area contributed by atoms with Crippen molar-refractivity contribution in [1.82, 2.24) is 10.1 Å². The summed E-state index contributed by atoms with van der Waals surface area (Å²) in [6.45, 7) is 4.09. The Bertz CT molecular complexity index is 280. The van der Waals surface area contributed by atoms with E-state index in [-0.39, 0.29) is 0 Å². The van der Waals surface area contributed by atoms with Crippen molar-refractivity contribution in [2.24, 2.45) is 0 Å². The molecule has 0 aromatic carbocycles. The smallest absolute Gasteiger partial charge is 0.154 e. The van der Waals surface area contributed by atoms with Gasteiger partial charge in [0.15, 0.2) is 5.76 Å². The maximum Gasteiger partial charge on any atom is 0.154 e. The molecule has 0 bridgehead atoms. The van der Waals surface area contributed by atoms with Gasteiger partial charge in [0.05, 0.1) is 12.2 Å². The number of fused-ring (bicyclic) bond motifs is 1. The fraction of sp³-hybridized carbons (Fsp3) is 0.667. The molecule has 0 atom stereocenters. The molecular weight excluding hydrogens is 152 g/mol. The van der Waals surface area contributed by atoms with Gasteiger partial charge in [-0.25, -0.2) is 0 Å². The lowest BCUT2D eigenvalue weighted by atomic mass is 10.1. The fourth-order valence-corrected chi connectivity index (χ4v) is 1.73. The summed E-state index contributed by atoms with van der Waals surface area (Å²) in [5.74, 6) is 1.06. The van der Waals surface area contributed by atoms with Gasteiger partial charge in [0.25, 0.3) is 0 Å². The first-order chi connectivity index (χ1) is 5.77. The van der Waals surface area contributed by atoms with E-state index >= 15 is 0 Å². The third-order valence-corrected chi connectivity index (χ3v) is 2.45. The van der Waals surface area contributed by atoms with E-state index in [1.807, 2.05) is 6.92 Å². The Balaban J connectivity index is 2.32. The predicted molar refractivity (Wildman–Crippen MR) is 45.9 cm³/mol.